The SMILES string of the molecule is C[C@@H]1CCCN(c2nc3c(c(=O)[nH]2)[C@H](C(=O)Nc2ccccc2F)CC(=O)N3)C1. The van der Waals surface area contributed by atoms with Gasteiger partial charge >= 0.3 is 0 Å². The van der Waals surface area contributed by atoms with E-state index < -0.39 is 29.1 Å². The first kappa shape index (κ1) is 19.1. The number of hydrogen-bond donors (Lipinski definition) is 3. The number of H-pyrrole nitrogens is 1. The third-order valence-electron chi connectivity index (χ3n) is 5.34. The second kappa shape index (κ2) is 7.65. The quantitative estimate of drug-likeness (QED) is 0.734. The molecule has 1 saturated heterocycles. The number of nitrogens with zero attached hydrogens (tertiary/aromatic N) is 2. The molecule has 152 valence electrons. The normalized spacial score (nSPS) is 21.3. The van der Waals surface area contributed by atoms with Gasteiger partial charge in [-0.05, 0) is 30.9 Å². The maximum absolute atomic E-state index is 13.9. The molecule has 0 aliphatic carbocycles. The van der Waals surface area contributed by atoms with Crippen LogP contribution in [0.15, 0.2) is 29.1 Å². The van der Waals surface area contributed by atoms with E-state index in [9.17, 15) is 18.8 Å². The Morgan fingerprint density at radius 1 is 1.31 bits per heavy atom. The number of hydrogen-bond acceptors (Lipinski definition) is 5. The van der Waals surface area contributed by atoms with E-state index >= 15 is 0 Å². The van der Waals surface area contributed by atoms with Crippen LogP contribution in [0.4, 0.5) is 21.8 Å². The largest absolute Gasteiger partial charge is 0.342 e. The fourth-order valence-corrected chi connectivity index (χ4v) is 3.90. The van der Waals surface area contributed by atoms with Crippen molar-refractivity contribution in [1.82, 2.24) is 9.97 Å². The van der Waals surface area contributed by atoms with Crippen molar-refractivity contribution in [1.29, 1.82) is 0 Å². The summed E-state index contributed by atoms with van der Waals surface area (Å²) in [5, 5.41) is 5.07. The molecule has 0 radical (unpaired) electrons. The number of anilines is 3. The van der Waals surface area contributed by atoms with Gasteiger partial charge in [0.2, 0.25) is 17.8 Å². The summed E-state index contributed by atoms with van der Waals surface area (Å²) in [6.45, 7) is 3.65. The molecule has 0 saturated carbocycles. The second-order valence-corrected chi connectivity index (χ2v) is 7.62. The summed E-state index contributed by atoms with van der Waals surface area (Å²) in [7, 11) is 0. The number of amides is 2. The number of carbonyl (C=O) groups excluding carboxylic acids is 2. The van der Waals surface area contributed by atoms with Crippen LogP contribution in [0.3, 0.4) is 0 Å². The molecule has 1 fully saturated rings. The molecule has 2 aliphatic rings. The van der Waals surface area contributed by atoms with E-state index in [1.165, 1.54) is 18.2 Å². The third kappa shape index (κ3) is 3.85. The number of aromatic nitrogens is 2. The smallest absolute Gasteiger partial charge is 0.258 e. The number of carbonyl (C=O) groups is 2. The van der Waals surface area contributed by atoms with Crippen LogP contribution in [-0.2, 0) is 9.59 Å². The summed E-state index contributed by atoms with van der Waals surface area (Å²) < 4.78 is 13.9. The molecule has 2 aromatic rings. The van der Waals surface area contributed by atoms with Crippen molar-refractivity contribution in [3.05, 3.63) is 46.0 Å². The number of nitrogens with one attached hydrogen (secondary N) is 3. The van der Waals surface area contributed by atoms with Gasteiger partial charge in [-0.25, -0.2) is 4.39 Å². The van der Waals surface area contributed by atoms with Gasteiger partial charge in [0, 0.05) is 19.5 Å². The molecule has 8 nitrogen and oxygen atoms in total. The Morgan fingerprint density at radius 2 is 2.10 bits per heavy atom. The molecular weight excluding hydrogens is 377 g/mol. The van der Waals surface area contributed by atoms with Crippen LogP contribution in [0.25, 0.3) is 0 Å². The number of para-hydroxylation sites is 1. The van der Waals surface area contributed by atoms with Crippen LogP contribution in [0.2, 0.25) is 0 Å². The zero-order valence-electron chi connectivity index (χ0n) is 16.0. The third-order valence-corrected chi connectivity index (χ3v) is 5.34. The standard InChI is InChI=1S/C20H22FN5O3/c1-11-5-4-8-26(10-11)20-24-17-16(19(29)25-20)12(9-15(27)23-17)18(28)22-14-7-3-2-6-13(14)21/h2-3,6-7,11-12H,4-5,8-10H2,1H3,(H,22,28)(H2,23,24,25,27,29)/t11-,12-/m1/s1. The van der Waals surface area contributed by atoms with Crippen molar-refractivity contribution in [2.45, 2.75) is 32.1 Å². The Balaban J connectivity index is 1.66. The molecule has 1 aromatic carbocycles. The lowest BCUT2D eigenvalue weighted by molar-refractivity contribution is -0.123. The highest BCUT2D eigenvalue weighted by atomic mass is 19.1. The monoisotopic (exact) mass is 399 g/mol. The van der Waals surface area contributed by atoms with Gasteiger partial charge in [-0.1, -0.05) is 19.1 Å². The topological polar surface area (TPSA) is 107 Å². The van der Waals surface area contributed by atoms with Crippen LogP contribution >= 0.6 is 0 Å². The first-order valence-electron chi connectivity index (χ1n) is 9.66. The molecule has 4 rings (SSSR count). The molecule has 3 heterocycles. The molecule has 29 heavy (non-hydrogen) atoms. The molecule has 1 aromatic heterocycles. The van der Waals surface area contributed by atoms with Gasteiger partial charge in [0.25, 0.3) is 5.56 Å². The Bertz CT molecular complexity index is 1020. The average Bonchev–Trinajstić information content (AvgIpc) is 2.68. The van der Waals surface area contributed by atoms with E-state index in [1.807, 2.05) is 4.90 Å². The predicted octanol–water partition coefficient (Wildman–Crippen LogP) is 2.21. The van der Waals surface area contributed by atoms with E-state index in [4.69, 9.17) is 0 Å². The number of halogens is 1. The van der Waals surface area contributed by atoms with E-state index in [2.05, 4.69) is 27.5 Å². The van der Waals surface area contributed by atoms with Gasteiger partial charge < -0.3 is 15.5 Å². The van der Waals surface area contributed by atoms with Crippen LogP contribution in [-0.4, -0.2) is 34.9 Å². The molecule has 2 atom stereocenters. The Kier molecular flexibility index (Phi) is 5.04. The first-order valence-corrected chi connectivity index (χ1v) is 9.66. The molecule has 3 N–H and O–H groups in total. The van der Waals surface area contributed by atoms with Gasteiger partial charge in [-0.2, -0.15) is 4.98 Å². The summed E-state index contributed by atoms with van der Waals surface area (Å²) >= 11 is 0. The maximum atomic E-state index is 13.9. The highest BCUT2D eigenvalue weighted by Crippen LogP contribution is 2.31. The van der Waals surface area contributed by atoms with E-state index in [0.717, 1.165) is 25.9 Å². The molecule has 0 spiro atoms. The summed E-state index contributed by atoms with van der Waals surface area (Å²) in [6, 6.07) is 5.73. The molecule has 2 aliphatic heterocycles. The number of fused-ring (bicyclic) bond motifs is 1. The fourth-order valence-electron chi connectivity index (χ4n) is 3.90. The summed E-state index contributed by atoms with van der Waals surface area (Å²) in [5.41, 5.74) is -0.391. The van der Waals surface area contributed by atoms with Crippen molar-refractivity contribution in [3.63, 3.8) is 0 Å². The minimum atomic E-state index is -1.05. The van der Waals surface area contributed by atoms with Crippen molar-refractivity contribution < 1.29 is 14.0 Å². The lowest BCUT2D eigenvalue weighted by atomic mass is 9.92. The molecule has 0 bridgehead atoms. The molecular formula is C20H22FN5O3. The number of piperidine rings is 1. The lowest BCUT2D eigenvalue weighted by Gasteiger charge is -2.32. The van der Waals surface area contributed by atoms with E-state index in [0.29, 0.717) is 11.9 Å². The summed E-state index contributed by atoms with van der Waals surface area (Å²) in [6.07, 6.45) is 1.89. The van der Waals surface area contributed by atoms with Gasteiger partial charge in [0.15, 0.2) is 0 Å². The van der Waals surface area contributed by atoms with Crippen LogP contribution in [0.1, 0.15) is 37.7 Å². The average molecular weight is 399 g/mol. The number of benzene rings is 1. The maximum Gasteiger partial charge on any atom is 0.258 e. The Morgan fingerprint density at radius 3 is 2.86 bits per heavy atom. The Labute approximate surface area is 166 Å². The van der Waals surface area contributed by atoms with E-state index in [1.54, 1.807) is 6.07 Å². The predicted molar refractivity (Wildman–Crippen MR) is 106 cm³/mol. The van der Waals surface area contributed by atoms with Crippen molar-refractivity contribution >= 4 is 29.3 Å². The van der Waals surface area contributed by atoms with Gasteiger partial charge in [-0.3, -0.25) is 19.4 Å². The van der Waals surface area contributed by atoms with Crippen molar-refractivity contribution in [2.24, 2.45) is 5.92 Å². The second-order valence-electron chi connectivity index (χ2n) is 7.62. The number of rotatable bonds is 3. The van der Waals surface area contributed by atoms with Crippen LogP contribution in [0, 0.1) is 11.7 Å². The fraction of sp³-hybridized carbons (Fsp3) is 0.400. The zero-order valence-corrected chi connectivity index (χ0v) is 16.0. The van der Waals surface area contributed by atoms with Crippen molar-refractivity contribution in [3.8, 4) is 0 Å². The summed E-state index contributed by atoms with van der Waals surface area (Å²) in [5.74, 6) is -1.74. The van der Waals surface area contributed by atoms with Gasteiger partial charge in [-0.15, -0.1) is 0 Å². The Hall–Kier alpha value is -3.23. The van der Waals surface area contributed by atoms with Gasteiger partial charge in [0.1, 0.15) is 11.6 Å². The highest BCUT2D eigenvalue weighted by molar-refractivity contribution is 6.04. The minimum absolute atomic E-state index is 0.00616. The van der Waals surface area contributed by atoms with Gasteiger partial charge in [0.05, 0.1) is 17.2 Å². The van der Waals surface area contributed by atoms with Crippen molar-refractivity contribution in [2.75, 3.05) is 28.6 Å². The minimum Gasteiger partial charge on any atom is -0.342 e. The lowest BCUT2D eigenvalue weighted by Crippen LogP contribution is -2.40. The zero-order chi connectivity index (χ0) is 20.5. The highest BCUT2D eigenvalue weighted by Gasteiger charge is 2.35. The van der Waals surface area contributed by atoms with Crippen LogP contribution in [0.5, 0.6) is 0 Å². The molecule has 9 heteroatoms. The summed E-state index contributed by atoms with van der Waals surface area (Å²) in [4.78, 5) is 46.9. The molecule has 2 amide bonds. The number of aromatic amines is 1. The molecule has 0 unspecified atom stereocenters. The van der Waals surface area contributed by atoms with Crippen LogP contribution < -0.4 is 21.1 Å². The van der Waals surface area contributed by atoms with E-state index in [-0.39, 0.29) is 23.5 Å². The first-order chi connectivity index (χ1) is 13.9.